The molecule has 3 rings (SSSR count). The number of Topliss-reactive ketones (excluding diaryl/α,β-unsaturated/α-hetero) is 1. The molecule has 2 fully saturated rings. The molecule has 2 saturated carbocycles. The SMILES string of the molecule is CC1(CNc2cc(N)c(C(=O)C3CC3)s2)CC1. The first-order valence-electron chi connectivity index (χ1n) is 6.25. The molecule has 1 heterocycles. The largest absolute Gasteiger partial charge is 0.397 e. The maximum Gasteiger partial charge on any atom is 0.178 e. The first kappa shape index (κ1) is 11.1. The van der Waals surface area contributed by atoms with E-state index in [4.69, 9.17) is 5.73 Å². The number of ketones is 1. The van der Waals surface area contributed by atoms with Crippen LogP contribution in [0.5, 0.6) is 0 Å². The topological polar surface area (TPSA) is 55.1 Å². The van der Waals surface area contributed by atoms with Crippen LogP contribution in [0.15, 0.2) is 6.07 Å². The molecule has 0 atom stereocenters. The van der Waals surface area contributed by atoms with Gasteiger partial charge >= 0.3 is 0 Å². The molecule has 4 heteroatoms. The number of hydrogen-bond donors (Lipinski definition) is 2. The van der Waals surface area contributed by atoms with Crippen molar-refractivity contribution >= 4 is 27.8 Å². The van der Waals surface area contributed by atoms with Gasteiger partial charge in [-0.2, -0.15) is 0 Å². The Balaban J connectivity index is 1.68. The molecule has 0 unspecified atom stereocenters. The Hall–Kier alpha value is -1.03. The van der Waals surface area contributed by atoms with Crippen LogP contribution < -0.4 is 11.1 Å². The molecule has 1 aromatic rings. The zero-order valence-corrected chi connectivity index (χ0v) is 10.9. The van der Waals surface area contributed by atoms with Gasteiger partial charge in [0.1, 0.15) is 0 Å². The van der Waals surface area contributed by atoms with Crippen molar-refractivity contribution in [2.75, 3.05) is 17.6 Å². The highest BCUT2D eigenvalue weighted by Gasteiger charge is 2.37. The van der Waals surface area contributed by atoms with E-state index in [1.165, 1.54) is 24.2 Å². The zero-order valence-electron chi connectivity index (χ0n) is 10.1. The van der Waals surface area contributed by atoms with Crippen LogP contribution in [-0.4, -0.2) is 12.3 Å². The van der Waals surface area contributed by atoms with Crippen molar-refractivity contribution in [3.05, 3.63) is 10.9 Å². The van der Waals surface area contributed by atoms with E-state index in [0.717, 1.165) is 29.3 Å². The van der Waals surface area contributed by atoms with Gasteiger partial charge in [-0.15, -0.1) is 11.3 Å². The number of nitrogens with two attached hydrogens (primary N) is 1. The summed E-state index contributed by atoms with van der Waals surface area (Å²) in [6.07, 6.45) is 4.68. The Labute approximate surface area is 105 Å². The number of thiophene rings is 1. The quantitative estimate of drug-likeness (QED) is 0.789. The number of hydrogen-bond acceptors (Lipinski definition) is 4. The summed E-state index contributed by atoms with van der Waals surface area (Å²) < 4.78 is 0. The molecule has 17 heavy (non-hydrogen) atoms. The van der Waals surface area contributed by atoms with Crippen molar-refractivity contribution in [1.82, 2.24) is 0 Å². The van der Waals surface area contributed by atoms with Crippen molar-refractivity contribution in [1.29, 1.82) is 0 Å². The van der Waals surface area contributed by atoms with Gasteiger partial charge < -0.3 is 11.1 Å². The molecular weight excluding hydrogens is 232 g/mol. The molecule has 92 valence electrons. The molecule has 0 spiro atoms. The summed E-state index contributed by atoms with van der Waals surface area (Å²) in [5.41, 5.74) is 7.03. The van der Waals surface area contributed by atoms with Crippen LogP contribution in [0.2, 0.25) is 0 Å². The second-order valence-corrected chi connectivity index (χ2v) is 6.75. The van der Waals surface area contributed by atoms with E-state index in [-0.39, 0.29) is 11.7 Å². The van der Waals surface area contributed by atoms with Gasteiger partial charge in [0.2, 0.25) is 0 Å². The number of anilines is 2. The summed E-state index contributed by atoms with van der Waals surface area (Å²) in [5, 5.41) is 4.45. The molecule has 0 radical (unpaired) electrons. The molecule has 2 aliphatic rings. The predicted octanol–water partition coefficient (Wildman–Crippen LogP) is 3.14. The Morgan fingerprint density at radius 1 is 1.59 bits per heavy atom. The van der Waals surface area contributed by atoms with Gasteiger partial charge in [0.15, 0.2) is 5.78 Å². The van der Waals surface area contributed by atoms with Crippen LogP contribution >= 0.6 is 11.3 Å². The van der Waals surface area contributed by atoms with E-state index in [0.29, 0.717) is 11.1 Å². The van der Waals surface area contributed by atoms with Gasteiger partial charge in [-0.1, -0.05) is 6.92 Å². The van der Waals surface area contributed by atoms with Crippen molar-refractivity contribution < 1.29 is 4.79 Å². The monoisotopic (exact) mass is 250 g/mol. The summed E-state index contributed by atoms with van der Waals surface area (Å²) in [4.78, 5) is 12.7. The molecule has 1 aromatic heterocycles. The first-order chi connectivity index (χ1) is 8.07. The normalized spacial score (nSPS) is 21.2. The van der Waals surface area contributed by atoms with Crippen LogP contribution in [0, 0.1) is 11.3 Å². The lowest BCUT2D eigenvalue weighted by Gasteiger charge is -2.08. The molecular formula is C13H18N2OS. The standard InChI is InChI=1S/C13H18N2OS/c1-13(4-5-13)7-15-10-6-9(14)12(17-10)11(16)8-2-3-8/h6,8,15H,2-5,7,14H2,1H3. The minimum Gasteiger partial charge on any atom is -0.397 e. The number of rotatable bonds is 5. The molecule has 0 bridgehead atoms. The molecule has 0 aromatic carbocycles. The van der Waals surface area contributed by atoms with E-state index in [9.17, 15) is 4.79 Å². The van der Waals surface area contributed by atoms with Crippen molar-refractivity contribution in [2.45, 2.75) is 32.6 Å². The predicted molar refractivity (Wildman–Crippen MR) is 71.6 cm³/mol. The number of nitrogens with one attached hydrogen (secondary N) is 1. The first-order valence-corrected chi connectivity index (χ1v) is 7.06. The lowest BCUT2D eigenvalue weighted by atomic mass is 10.1. The van der Waals surface area contributed by atoms with Crippen LogP contribution in [0.3, 0.4) is 0 Å². The van der Waals surface area contributed by atoms with Gasteiger partial charge in [0, 0.05) is 12.5 Å². The Kier molecular flexibility index (Phi) is 2.43. The van der Waals surface area contributed by atoms with E-state index >= 15 is 0 Å². The van der Waals surface area contributed by atoms with Crippen molar-refractivity contribution in [3.63, 3.8) is 0 Å². The number of nitrogen functional groups attached to an aromatic ring is 1. The second kappa shape index (κ2) is 3.73. The van der Waals surface area contributed by atoms with Crippen LogP contribution in [0.25, 0.3) is 0 Å². The lowest BCUT2D eigenvalue weighted by molar-refractivity contribution is 0.0972. The lowest BCUT2D eigenvalue weighted by Crippen LogP contribution is -2.10. The number of carbonyl (C=O) groups excluding carboxylic acids is 1. The molecule has 0 amide bonds. The average molecular weight is 250 g/mol. The minimum absolute atomic E-state index is 0.248. The number of carbonyl (C=O) groups is 1. The summed E-state index contributed by atoms with van der Waals surface area (Å²) in [5.74, 6) is 0.503. The van der Waals surface area contributed by atoms with Crippen LogP contribution in [0.4, 0.5) is 10.7 Å². The summed E-state index contributed by atoms with van der Waals surface area (Å²) >= 11 is 1.52. The third-order valence-corrected chi connectivity index (χ3v) is 4.85. The average Bonchev–Trinajstić information content (AvgIpc) is 3.19. The van der Waals surface area contributed by atoms with E-state index < -0.39 is 0 Å². The van der Waals surface area contributed by atoms with Gasteiger partial charge in [0.05, 0.1) is 15.6 Å². The molecule has 0 saturated heterocycles. The van der Waals surface area contributed by atoms with Crippen molar-refractivity contribution in [3.8, 4) is 0 Å². The fourth-order valence-electron chi connectivity index (χ4n) is 1.91. The third-order valence-electron chi connectivity index (χ3n) is 3.73. The van der Waals surface area contributed by atoms with Crippen LogP contribution in [-0.2, 0) is 0 Å². The van der Waals surface area contributed by atoms with Gasteiger partial charge in [-0.3, -0.25) is 4.79 Å². The summed E-state index contributed by atoms with van der Waals surface area (Å²) in [7, 11) is 0. The molecule has 3 nitrogen and oxygen atoms in total. The second-order valence-electron chi connectivity index (χ2n) is 5.70. The summed E-state index contributed by atoms with van der Waals surface area (Å²) in [6.45, 7) is 3.28. The van der Waals surface area contributed by atoms with Gasteiger partial charge in [-0.05, 0) is 37.2 Å². The fourth-order valence-corrected chi connectivity index (χ4v) is 2.90. The highest BCUT2D eigenvalue weighted by Crippen LogP contribution is 2.45. The summed E-state index contributed by atoms with van der Waals surface area (Å²) in [6, 6.07) is 1.91. The zero-order chi connectivity index (χ0) is 12.0. The van der Waals surface area contributed by atoms with Crippen molar-refractivity contribution in [2.24, 2.45) is 11.3 Å². The smallest absolute Gasteiger partial charge is 0.178 e. The molecule has 3 N–H and O–H groups in total. The fraction of sp³-hybridized carbons (Fsp3) is 0.615. The molecule has 0 aliphatic heterocycles. The Morgan fingerprint density at radius 3 is 2.88 bits per heavy atom. The van der Waals surface area contributed by atoms with E-state index in [1.54, 1.807) is 0 Å². The van der Waals surface area contributed by atoms with Gasteiger partial charge in [0.25, 0.3) is 0 Å². The minimum atomic E-state index is 0.248. The molecule has 2 aliphatic carbocycles. The van der Waals surface area contributed by atoms with E-state index in [1.807, 2.05) is 6.07 Å². The highest BCUT2D eigenvalue weighted by molar-refractivity contribution is 7.18. The van der Waals surface area contributed by atoms with Crippen LogP contribution in [0.1, 0.15) is 42.3 Å². The van der Waals surface area contributed by atoms with E-state index in [2.05, 4.69) is 12.2 Å². The highest BCUT2D eigenvalue weighted by atomic mass is 32.1. The third kappa shape index (κ3) is 2.32. The maximum absolute atomic E-state index is 12.0. The maximum atomic E-state index is 12.0. The Morgan fingerprint density at radius 2 is 2.29 bits per heavy atom. The Bertz CT molecular complexity index is 458. The van der Waals surface area contributed by atoms with Gasteiger partial charge in [-0.25, -0.2) is 0 Å².